The molecule has 2 aromatic carbocycles. The molecule has 1 saturated heterocycles. The Labute approximate surface area is 184 Å². The maximum atomic E-state index is 14.6. The number of carboxylic acids is 1. The number of benzene rings is 2. The number of hydrogen-bond acceptors (Lipinski definition) is 4. The SMILES string of the molecule is O=C(O)C1CN(C(=O)CN2C(=O)C(F)(F)Oc3cc(F)c(-c4c(F)cc(F)c(F)c4F)cc32)C1. The van der Waals surface area contributed by atoms with E-state index in [0.29, 0.717) is 6.07 Å². The Kier molecular flexibility index (Phi) is 5.41. The molecule has 2 amide bonds. The summed E-state index contributed by atoms with van der Waals surface area (Å²) in [7, 11) is 0. The van der Waals surface area contributed by atoms with Crippen LogP contribution in [0, 0.1) is 35.0 Å². The third kappa shape index (κ3) is 3.68. The number of aliphatic carboxylic acids is 1. The Morgan fingerprint density at radius 1 is 1.00 bits per heavy atom. The molecule has 2 aromatic rings. The van der Waals surface area contributed by atoms with E-state index in [1.807, 2.05) is 0 Å². The fourth-order valence-electron chi connectivity index (χ4n) is 3.52. The van der Waals surface area contributed by atoms with Crippen molar-refractivity contribution in [2.45, 2.75) is 6.11 Å². The van der Waals surface area contributed by atoms with Crippen molar-refractivity contribution in [2.75, 3.05) is 24.5 Å². The number of carboxylic acid groups (broad SMARTS) is 1. The molecule has 7 nitrogen and oxygen atoms in total. The Morgan fingerprint density at radius 2 is 1.65 bits per heavy atom. The molecule has 4 rings (SSSR count). The third-order valence-corrected chi connectivity index (χ3v) is 5.33. The van der Waals surface area contributed by atoms with Gasteiger partial charge in [-0.05, 0) is 6.07 Å². The van der Waals surface area contributed by atoms with Crippen LogP contribution in [0.1, 0.15) is 0 Å². The van der Waals surface area contributed by atoms with Gasteiger partial charge in [0.25, 0.3) is 0 Å². The van der Waals surface area contributed by atoms with Crippen molar-refractivity contribution in [3.63, 3.8) is 0 Å². The van der Waals surface area contributed by atoms with Crippen molar-refractivity contribution < 1.29 is 55.0 Å². The highest BCUT2D eigenvalue weighted by molar-refractivity contribution is 6.05. The van der Waals surface area contributed by atoms with Gasteiger partial charge < -0.3 is 14.7 Å². The maximum absolute atomic E-state index is 14.6. The first kappa shape index (κ1) is 23.3. The van der Waals surface area contributed by atoms with Crippen molar-refractivity contribution in [1.82, 2.24) is 4.90 Å². The van der Waals surface area contributed by atoms with Gasteiger partial charge in [-0.3, -0.25) is 19.3 Å². The number of nitrogens with zero attached hydrogens (tertiary/aromatic N) is 2. The van der Waals surface area contributed by atoms with Crippen LogP contribution in [0.25, 0.3) is 11.1 Å². The molecule has 2 aliphatic rings. The molecule has 1 N–H and O–H groups in total. The number of rotatable bonds is 4. The Bertz CT molecular complexity index is 1250. The van der Waals surface area contributed by atoms with E-state index in [9.17, 15) is 45.1 Å². The van der Waals surface area contributed by atoms with Gasteiger partial charge in [0.15, 0.2) is 23.2 Å². The fraction of sp³-hybridized carbons (Fsp3) is 0.250. The van der Waals surface area contributed by atoms with Crippen LogP contribution in [0.2, 0.25) is 0 Å². The molecule has 0 bridgehead atoms. The standard InChI is InChI=1S/C20H11F7N2O5/c21-9-3-13-12(1-8(9)15-10(22)2-11(23)16(24)17(15)25)29(19(33)20(26,27)34-13)6-14(30)28-4-7(5-28)18(31)32/h1-3,7H,4-6H2,(H,31,32). The first-order valence-electron chi connectivity index (χ1n) is 9.38. The second-order valence-electron chi connectivity index (χ2n) is 7.49. The minimum atomic E-state index is -4.54. The summed E-state index contributed by atoms with van der Waals surface area (Å²) in [5.74, 6) is -15.6. The number of carbonyl (C=O) groups is 3. The van der Waals surface area contributed by atoms with E-state index in [1.165, 1.54) is 0 Å². The number of likely N-dealkylation sites (tertiary alicyclic amines) is 1. The monoisotopic (exact) mass is 492 g/mol. The molecular formula is C20H11F7N2O5. The number of fused-ring (bicyclic) bond motifs is 1. The predicted octanol–water partition coefficient (Wildman–Crippen LogP) is 2.91. The van der Waals surface area contributed by atoms with Gasteiger partial charge >= 0.3 is 18.0 Å². The molecule has 34 heavy (non-hydrogen) atoms. The molecule has 1 fully saturated rings. The molecule has 14 heteroatoms. The molecule has 0 unspecified atom stereocenters. The Morgan fingerprint density at radius 3 is 2.26 bits per heavy atom. The average molecular weight is 492 g/mol. The van der Waals surface area contributed by atoms with Crippen LogP contribution in [-0.2, 0) is 14.4 Å². The van der Waals surface area contributed by atoms with Gasteiger partial charge in [0, 0.05) is 30.8 Å². The summed E-state index contributed by atoms with van der Waals surface area (Å²) in [5, 5.41) is 8.88. The summed E-state index contributed by atoms with van der Waals surface area (Å²) >= 11 is 0. The van der Waals surface area contributed by atoms with Crippen molar-refractivity contribution in [1.29, 1.82) is 0 Å². The highest BCUT2D eigenvalue weighted by Gasteiger charge is 2.52. The summed E-state index contributed by atoms with van der Waals surface area (Å²) in [4.78, 5) is 36.7. The van der Waals surface area contributed by atoms with Crippen molar-refractivity contribution in [2.24, 2.45) is 5.92 Å². The minimum Gasteiger partial charge on any atom is -0.481 e. The topological polar surface area (TPSA) is 87.2 Å². The van der Waals surface area contributed by atoms with E-state index in [1.54, 1.807) is 0 Å². The van der Waals surface area contributed by atoms with Crippen molar-refractivity contribution in [3.05, 3.63) is 47.3 Å². The van der Waals surface area contributed by atoms with Crippen LogP contribution in [0.4, 0.5) is 36.4 Å². The summed E-state index contributed by atoms with van der Waals surface area (Å²) in [5.41, 5.74) is -3.16. The molecular weight excluding hydrogens is 481 g/mol. The van der Waals surface area contributed by atoms with Crippen molar-refractivity contribution in [3.8, 4) is 16.9 Å². The van der Waals surface area contributed by atoms with E-state index < -0.39 is 88.0 Å². The predicted molar refractivity (Wildman–Crippen MR) is 97.3 cm³/mol. The molecule has 0 atom stereocenters. The van der Waals surface area contributed by atoms with Crippen LogP contribution in [0.3, 0.4) is 0 Å². The number of halogens is 7. The molecule has 0 saturated carbocycles. The molecule has 2 aliphatic heterocycles. The van der Waals surface area contributed by atoms with Gasteiger partial charge in [0.05, 0.1) is 17.2 Å². The lowest BCUT2D eigenvalue weighted by atomic mass is 10.00. The molecule has 0 aromatic heterocycles. The van der Waals surface area contributed by atoms with Gasteiger partial charge in [-0.1, -0.05) is 0 Å². The number of hydrogen-bond donors (Lipinski definition) is 1. The average Bonchev–Trinajstić information content (AvgIpc) is 2.69. The normalized spacial score (nSPS) is 17.2. The van der Waals surface area contributed by atoms with E-state index in [2.05, 4.69) is 4.74 Å². The summed E-state index contributed by atoms with van der Waals surface area (Å²) in [6.07, 6.45) is -4.54. The highest BCUT2D eigenvalue weighted by atomic mass is 19.3. The Balaban J connectivity index is 1.77. The van der Waals surface area contributed by atoms with Crippen LogP contribution < -0.4 is 9.64 Å². The summed E-state index contributed by atoms with van der Waals surface area (Å²) in [6.45, 7) is -1.59. The van der Waals surface area contributed by atoms with Gasteiger partial charge in [-0.15, -0.1) is 0 Å². The molecule has 2 heterocycles. The smallest absolute Gasteiger partial charge is 0.481 e. The fourth-order valence-corrected chi connectivity index (χ4v) is 3.52. The van der Waals surface area contributed by atoms with Gasteiger partial charge in [-0.2, -0.15) is 8.78 Å². The lowest BCUT2D eigenvalue weighted by Crippen LogP contribution is -2.58. The largest absolute Gasteiger partial charge is 0.482 e. The number of carbonyl (C=O) groups excluding carboxylic acids is 2. The number of anilines is 1. The summed E-state index contributed by atoms with van der Waals surface area (Å²) < 4.78 is 102. The van der Waals surface area contributed by atoms with Crippen LogP contribution >= 0.6 is 0 Å². The zero-order valence-electron chi connectivity index (χ0n) is 16.6. The number of amides is 2. The minimum absolute atomic E-state index is 0.0630. The quantitative estimate of drug-likeness (QED) is 0.403. The molecule has 0 aliphatic carbocycles. The van der Waals surface area contributed by atoms with Crippen LogP contribution in [0.5, 0.6) is 5.75 Å². The zero-order chi connectivity index (χ0) is 25.1. The van der Waals surface area contributed by atoms with Gasteiger partial charge in [0.2, 0.25) is 5.91 Å². The second-order valence-corrected chi connectivity index (χ2v) is 7.49. The third-order valence-electron chi connectivity index (χ3n) is 5.33. The van der Waals surface area contributed by atoms with E-state index in [4.69, 9.17) is 5.11 Å². The van der Waals surface area contributed by atoms with Crippen LogP contribution in [-0.4, -0.2) is 53.5 Å². The molecule has 0 radical (unpaired) electrons. The summed E-state index contributed by atoms with van der Waals surface area (Å²) in [6, 6.07) is 0.652. The first-order chi connectivity index (χ1) is 15.8. The second kappa shape index (κ2) is 7.88. The number of alkyl halides is 2. The number of ether oxygens (including phenoxy) is 1. The highest BCUT2D eigenvalue weighted by Crippen LogP contribution is 2.44. The molecule has 180 valence electrons. The maximum Gasteiger partial charge on any atom is 0.482 e. The Hall–Kier alpha value is -3.84. The zero-order valence-corrected chi connectivity index (χ0v) is 16.6. The van der Waals surface area contributed by atoms with Crippen molar-refractivity contribution >= 4 is 23.5 Å². The van der Waals surface area contributed by atoms with Gasteiger partial charge in [-0.25, -0.2) is 22.0 Å². The first-order valence-corrected chi connectivity index (χ1v) is 9.38. The lowest BCUT2D eigenvalue weighted by molar-refractivity contribution is -0.193. The van der Waals surface area contributed by atoms with Crippen LogP contribution in [0.15, 0.2) is 18.2 Å². The van der Waals surface area contributed by atoms with Gasteiger partial charge in [0.1, 0.15) is 18.2 Å². The lowest BCUT2D eigenvalue weighted by Gasteiger charge is -2.39. The van der Waals surface area contributed by atoms with E-state index >= 15 is 0 Å². The van der Waals surface area contributed by atoms with E-state index in [0.717, 1.165) is 4.90 Å². The van der Waals surface area contributed by atoms with E-state index in [-0.39, 0.29) is 30.1 Å². The molecule has 0 spiro atoms.